The van der Waals surface area contributed by atoms with E-state index in [2.05, 4.69) is 10.3 Å². The van der Waals surface area contributed by atoms with Crippen LogP contribution in [0.1, 0.15) is 34.0 Å². The molecule has 0 bridgehead atoms. The first-order valence-electron chi connectivity index (χ1n) is 11.6. The lowest BCUT2D eigenvalue weighted by molar-refractivity contribution is 0.0526. The number of hydrogen-bond donors (Lipinski definition) is 3. The summed E-state index contributed by atoms with van der Waals surface area (Å²) in [7, 11) is 1.68. The van der Waals surface area contributed by atoms with Gasteiger partial charge >= 0.3 is 5.97 Å². The number of esters is 1. The minimum absolute atomic E-state index is 0.0115. The summed E-state index contributed by atoms with van der Waals surface area (Å²) in [5.41, 5.74) is 5.02. The van der Waals surface area contributed by atoms with Crippen LogP contribution in [0.25, 0.3) is 10.9 Å². The van der Waals surface area contributed by atoms with E-state index >= 15 is 0 Å². The molecule has 1 aromatic heterocycles. The van der Waals surface area contributed by atoms with Crippen LogP contribution in [-0.4, -0.2) is 48.6 Å². The number of carbonyl (C=O) groups is 1. The molecule has 0 aliphatic rings. The van der Waals surface area contributed by atoms with E-state index in [4.69, 9.17) is 14.5 Å². The molecule has 7 nitrogen and oxygen atoms in total. The molecule has 1 heterocycles. The summed E-state index contributed by atoms with van der Waals surface area (Å²) < 4.78 is 10.2. The molecular weight excluding hydrogens is 442 g/mol. The van der Waals surface area contributed by atoms with Crippen LogP contribution < -0.4 is 5.32 Å². The van der Waals surface area contributed by atoms with Gasteiger partial charge in [-0.15, -0.1) is 0 Å². The zero-order valence-electron chi connectivity index (χ0n) is 19.9. The first-order valence-corrected chi connectivity index (χ1v) is 11.6. The number of methoxy groups -OCH3 is 1. The zero-order valence-corrected chi connectivity index (χ0v) is 19.9. The van der Waals surface area contributed by atoms with Crippen molar-refractivity contribution in [2.45, 2.75) is 13.5 Å². The van der Waals surface area contributed by atoms with Gasteiger partial charge in [-0.2, -0.15) is 0 Å². The fourth-order valence-corrected chi connectivity index (χ4v) is 3.85. The third-order valence-electron chi connectivity index (χ3n) is 5.56. The Morgan fingerprint density at radius 1 is 1.03 bits per heavy atom. The van der Waals surface area contributed by atoms with Crippen molar-refractivity contribution >= 4 is 28.3 Å². The normalized spacial score (nSPS) is 11.7. The maximum Gasteiger partial charge on any atom is 0.338 e. The van der Waals surface area contributed by atoms with E-state index < -0.39 is 5.97 Å². The fourth-order valence-electron chi connectivity index (χ4n) is 3.85. The van der Waals surface area contributed by atoms with Gasteiger partial charge in [0.05, 0.1) is 35.7 Å². The molecule has 4 aromatic rings. The van der Waals surface area contributed by atoms with Crippen molar-refractivity contribution in [1.82, 2.24) is 10.3 Å². The lowest BCUT2D eigenvalue weighted by atomic mass is 10.00. The number of carbonyl (C=O) groups excluding carboxylic acids is 1. The first kappa shape index (κ1) is 24.2. The number of aromatic nitrogens is 1. The number of H-pyrrole nitrogens is 1. The summed E-state index contributed by atoms with van der Waals surface area (Å²) in [6, 6.07) is 22.9. The minimum atomic E-state index is -0.404. The second-order valence-electron chi connectivity index (χ2n) is 7.99. The number of nitrogens with one attached hydrogen (secondary N) is 2. The summed E-state index contributed by atoms with van der Waals surface area (Å²) in [6.07, 6.45) is 0. The molecule has 0 saturated heterocycles. The van der Waals surface area contributed by atoms with Gasteiger partial charge < -0.3 is 24.9 Å². The molecule has 0 radical (unpaired) electrons. The van der Waals surface area contributed by atoms with Gasteiger partial charge in [-0.1, -0.05) is 48.5 Å². The Morgan fingerprint density at radius 3 is 2.51 bits per heavy atom. The van der Waals surface area contributed by atoms with E-state index in [0.717, 1.165) is 35.3 Å². The van der Waals surface area contributed by atoms with E-state index in [-0.39, 0.29) is 5.88 Å². The predicted molar refractivity (Wildman–Crippen MR) is 138 cm³/mol. The van der Waals surface area contributed by atoms with E-state index in [0.29, 0.717) is 35.6 Å². The fraction of sp³-hybridized carbons (Fsp3) is 0.214. The highest BCUT2D eigenvalue weighted by molar-refractivity contribution is 6.22. The molecule has 0 atom stereocenters. The molecule has 35 heavy (non-hydrogen) atoms. The second kappa shape index (κ2) is 11.5. The molecule has 0 spiro atoms. The Labute approximate surface area is 204 Å². The van der Waals surface area contributed by atoms with E-state index in [9.17, 15) is 9.90 Å². The van der Waals surface area contributed by atoms with E-state index in [1.165, 1.54) is 0 Å². The Bertz CT molecular complexity index is 1310. The number of benzene rings is 3. The smallest absolute Gasteiger partial charge is 0.338 e. The van der Waals surface area contributed by atoms with Gasteiger partial charge in [-0.25, -0.2) is 9.79 Å². The molecule has 7 heteroatoms. The van der Waals surface area contributed by atoms with Crippen LogP contribution in [-0.2, 0) is 16.0 Å². The highest BCUT2D eigenvalue weighted by Crippen LogP contribution is 2.32. The van der Waals surface area contributed by atoms with E-state index in [1.807, 2.05) is 54.6 Å². The van der Waals surface area contributed by atoms with Crippen molar-refractivity contribution in [2.75, 3.05) is 26.9 Å². The van der Waals surface area contributed by atoms with Crippen LogP contribution in [0.5, 0.6) is 5.88 Å². The third-order valence-corrected chi connectivity index (χ3v) is 5.56. The number of ether oxygens (including phenoxy) is 2. The largest absolute Gasteiger partial charge is 0.494 e. The van der Waals surface area contributed by atoms with Gasteiger partial charge in [0.1, 0.15) is 0 Å². The standard InChI is InChI=1S/C28H29N3O4/c1-3-35-28(33)21-11-14-23-24(17-21)31-27(32)25(23)26(20-7-5-4-6-8-20)30-22-12-9-19(10-13-22)18-29-15-16-34-2/h4-14,17,29,31-32H,3,15-16,18H2,1-2H3. The number of hydrogen-bond acceptors (Lipinski definition) is 6. The highest BCUT2D eigenvalue weighted by Gasteiger charge is 2.20. The van der Waals surface area contributed by atoms with Gasteiger partial charge in [-0.05, 0) is 36.8 Å². The number of fused-ring (bicyclic) bond motifs is 1. The molecule has 0 aliphatic carbocycles. The zero-order chi connectivity index (χ0) is 24.6. The molecule has 0 saturated carbocycles. The van der Waals surface area contributed by atoms with Gasteiger partial charge in [0.2, 0.25) is 0 Å². The Morgan fingerprint density at radius 2 is 1.80 bits per heavy atom. The van der Waals surface area contributed by atoms with Crippen LogP contribution in [0.4, 0.5) is 5.69 Å². The number of aromatic amines is 1. The molecule has 180 valence electrons. The van der Waals surface area contributed by atoms with Gasteiger partial charge in [0, 0.05) is 36.7 Å². The predicted octanol–water partition coefficient (Wildman–Crippen LogP) is 4.96. The van der Waals surface area contributed by atoms with Crippen molar-refractivity contribution in [3.8, 4) is 5.88 Å². The van der Waals surface area contributed by atoms with E-state index in [1.54, 1.807) is 32.2 Å². The van der Waals surface area contributed by atoms with Gasteiger partial charge in [0.15, 0.2) is 5.88 Å². The summed E-state index contributed by atoms with van der Waals surface area (Å²) in [6.45, 7) is 4.25. The van der Waals surface area contributed by atoms with Crippen LogP contribution in [0.2, 0.25) is 0 Å². The maximum atomic E-state index is 12.2. The van der Waals surface area contributed by atoms with Crippen molar-refractivity contribution in [1.29, 1.82) is 0 Å². The Kier molecular flexibility index (Phi) is 7.92. The molecule has 0 aliphatic heterocycles. The summed E-state index contributed by atoms with van der Waals surface area (Å²) in [5, 5.41) is 15.0. The molecule has 3 aromatic carbocycles. The van der Waals surface area contributed by atoms with Crippen LogP contribution in [0.15, 0.2) is 77.8 Å². The number of aliphatic imine (C=N–C) groups is 1. The van der Waals surface area contributed by atoms with Crippen LogP contribution in [0.3, 0.4) is 0 Å². The summed E-state index contributed by atoms with van der Waals surface area (Å²) >= 11 is 0. The third kappa shape index (κ3) is 5.77. The lowest BCUT2D eigenvalue weighted by Crippen LogP contribution is -2.18. The van der Waals surface area contributed by atoms with Gasteiger partial charge in [0.25, 0.3) is 0 Å². The van der Waals surface area contributed by atoms with Crippen molar-refractivity contribution in [3.05, 3.63) is 95.1 Å². The van der Waals surface area contributed by atoms with Crippen molar-refractivity contribution in [3.63, 3.8) is 0 Å². The lowest BCUT2D eigenvalue weighted by Gasteiger charge is -2.09. The molecule has 0 unspecified atom stereocenters. The molecule has 0 amide bonds. The molecule has 4 rings (SSSR count). The molecule has 0 fully saturated rings. The maximum absolute atomic E-state index is 12.2. The van der Waals surface area contributed by atoms with Crippen molar-refractivity contribution < 1.29 is 19.4 Å². The summed E-state index contributed by atoms with van der Waals surface area (Å²) in [4.78, 5) is 20.1. The van der Waals surface area contributed by atoms with Crippen LogP contribution >= 0.6 is 0 Å². The Hall–Kier alpha value is -3.94. The van der Waals surface area contributed by atoms with Crippen molar-refractivity contribution in [2.24, 2.45) is 4.99 Å². The number of aromatic hydroxyl groups is 1. The first-order chi connectivity index (χ1) is 17.1. The topological polar surface area (TPSA) is 95.9 Å². The highest BCUT2D eigenvalue weighted by atomic mass is 16.5. The monoisotopic (exact) mass is 471 g/mol. The number of nitrogens with zero attached hydrogens (tertiary/aromatic N) is 1. The Balaban J connectivity index is 1.72. The number of rotatable bonds is 10. The molecule has 3 N–H and O–H groups in total. The quantitative estimate of drug-likeness (QED) is 0.173. The minimum Gasteiger partial charge on any atom is -0.494 e. The SMILES string of the molecule is CCOC(=O)c1ccc2c(C(=Nc3ccc(CNCCOC)cc3)c3ccccc3)c(O)[nH]c2c1. The second-order valence-corrected chi connectivity index (χ2v) is 7.99. The average molecular weight is 472 g/mol. The summed E-state index contributed by atoms with van der Waals surface area (Å²) in [5.74, 6) is -0.415. The van der Waals surface area contributed by atoms with Gasteiger partial charge in [-0.3, -0.25) is 0 Å². The molecular formula is C28H29N3O4. The van der Waals surface area contributed by atoms with Crippen LogP contribution in [0, 0.1) is 0 Å². The average Bonchev–Trinajstić information content (AvgIpc) is 3.21.